The van der Waals surface area contributed by atoms with E-state index >= 15 is 0 Å². The molecular weight excluding hydrogens is 432 g/mol. The first-order chi connectivity index (χ1) is 15.0. The van der Waals surface area contributed by atoms with Gasteiger partial charge in [0.1, 0.15) is 11.3 Å². The van der Waals surface area contributed by atoms with Gasteiger partial charge in [0.05, 0.1) is 11.4 Å². The van der Waals surface area contributed by atoms with Crippen LogP contribution in [0, 0.1) is 6.92 Å². The normalized spacial score (nSPS) is 14.0. The number of amides is 1. The summed E-state index contributed by atoms with van der Waals surface area (Å²) in [6.45, 7) is 6.50. The van der Waals surface area contributed by atoms with E-state index in [0.717, 1.165) is 0 Å². The number of carboxylic acids is 1. The standard InChI is InChI=1S/C24H25ClN2O5/c1-5-24(4,23(31)32)26-21(29)13(2)20-14(3)27(19-11-10-17(28)12-18(19)20)22(30)15-6-8-16(25)9-7-15/h6-13,28H,5H2,1-4H3,(H,26,29)(H,31,32). The second kappa shape index (κ2) is 8.67. The van der Waals surface area contributed by atoms with E-state index in [-0.39, 0.29) is 18.1 Å². The predicted octanol–water partition coefficient (Wildman–Crippen LogP) is 4.47. The van der Waals surface area contributed by atoms with E-state index in [4.69, 9.17) is 11.6 Å². The average Bonchev–Trinajstić information content (AvgIpc) is 3.03. The number of fused-ring (bicyclic) bond motifs is 1. The Morgan fingerprint density at radius 3 is 2.34 bits per heavy atom. The zero-order chi connectivity index (χ0) is 23.8. The highest BCUT2D eigenvalue weighted by Crippen LogP contribution is 2.35. The van der Waals surface area contributed by atoms with E-state index in [2.05, 4.69) is 5.32 Å². The number of carbonyl (C=O) groups excluding carboxylic acids is 2. The summed E-state index contributed by atoms with van der Waals surface area (Å²) in [5, 5.41) is 23.2. The molecule has 0 radical (unpaired) electrons. The minimum Gasteiger partial charge on any atom is -0.508 e. The third-order valence-electron chi connectivity index (χ3n) is 5.94. The SMILES string of the molecule is CCC(C)(NC(=O)C(C)c1c(C)n(C(=O)c2ccc(Cl)cc2)c2ccc(O)cc12)C(=O)O. The van der Waals surface area contributed by atoms with Crippen molar-refractivity contribution in [2.75, 3.05) is 0 Å². The molecule has 0 aliphatic rings. The molecule has 0 spiro atoms. The zero-order valence-corrected chi connectivity index (χ0v) is 19.0. The highest BCUT2D eigenvalue weighted by Gasteiger charge is 2.35. The lowest BCUT2D eigenvalue weighted by molar-refractivity contribution is -0.147. The molecule has 0 aliphatic carbocycles. The Labute approximate surface area is 190 Å². The van der Waals surface area contributed by atoms with Crippen molar-refractivity contribution in [1.29, 1.82) is 0 Å². The fourth-order valence-electron chi connectivity index (χ4n) is 3.76. The number of aliphatic carboxylic acids is 1. The number of nitrogens with zero attached hydrogens (tertiary/aromatic N) is 1. The molecule has 1 heterocycles. The number of carbonyl (C=O) groups is 3. The van der Waals surface area contributed by atoms with E-state index in [9.17, 15) is 24.6 Å². The van der Waals surface area contributed by atoms with Crippen molar-refractivity contribution in [2.45, 2.75) is 45.6 Å². The maximum Gasteiger partial charge on any atom is 0.329 e. The van der Waals surface area contributed by atoms with Crippen LogP contribution in [-0.2, 0) is 9.59 Å². The smallest absolute Gasteiger partial charge is 0.329 e. The number of aromatic nitrogens is 1. The minimum absolute atomic E-state index is 0.00798. The van der Waals surface area contributed by atoms with Gasteiger partial charge in [-0.3, -0.25) is 14.2 Å². The van der Waals surface area contributed by atoms with Gasteiger partial charge in [0.2, 0.25) is 5.91 Å². The molecule has 0 fully saturated rings. The Morgan fingerprint density at radius 1 is 1.16 bits per heavy atom. The van der Waals surface area contributed by atoms with Gasteiger partial charge in [-0.2, -0.15) is 0 Å². The topological polar surface area (TPSA) is 109 Å². The quantitative estimate of drug-likeness (QED) is 0.507. The van der Waals surface area contributed by atoms with Gasteiger partial charge >= 0.3 is 5.97 Å². The number of carboxylic acid groups (broad SMARTS) is 1. The molecule has 2 unspecified atom stereocenters. The summed E-state index contributed by atoms with van der Waals surface area (Å²) >= 11 is 5.94. The Kier molecular flexibility index (Phi) is 6.32. The highest BCUT2D eigenvalue weighted by atomic mass is 35.5. The van der Waals surface area contributed by atoms with Crippen LogP contribution < -0.4 is 5.32 Å². The second-order valence-electron chi connectivity index (χ2n) is 8.05. The first-order valence-electron chi connectivity index (χ1n) is 10.2. The third-order valence-corrected chi connectivity index (χ3v) is 6.19. The lowest BCUT2D eigenvalue weighted by atomic mass is 9.93. The maximum absolute atomic E-state index is 13.3. The van der Waals surface area contributed by atoms with Crippen molar-refractivity contribution in [2.24, 2.45) is 0 Å². The molecule has 3 aromatic rings. The van der Waals surface area contributed by atoms with E-state index in [1.165, 1.54) is 23.6 Å². The number of phenolic OH excluding ortho intramolecular Hbond substituents is 1. The number of halogens is 1. The molecule has 0 aliphatic heterocycles. The Morgan fingerprint density at radius 2 is 1.78 bits per heavy atom. The Hall–Kier alpha value is -3.32. The van der Waals surface area contributed by atoms with Gasteiger partial charge in [-0.05, 0) is 75.2 Å². The molecule has 8 heteroatoms. The fourth-order valence-corrected chi connectivity index (χ4v) is 3.89. The molecule has 2 atom stereocenters. The van der Waals surface area contributed by atoms with E-state index in [1.807, 2.05) is 0 Å². The van der Waals surface area contributed by atoms with Crippen molar-refractivity contribution < 1.29 is 24.6 Å². The van der Waals surface area contributed by atoms with Crippen LogP contribution in [0.4, 0.5) is 0 Å². The average molecular weight is 457 g/mol. The predicted molar refractivity (Wildman–Crippen MR) is 122 cm³/mol. The summed E-state index contributed by atoms with van der Waals surface area (Å²) in [5.74, 6) is -2.70. The number of hydrogen-bond donors (Lipinski definition) is 3. The summed E-state index contributed by atoms with van der Waals surface area (Å²) < 4.78 is 1.49. The number of hydrogen-bond acceptors (Lipinski definition) is 4. The largest absolute Gasteiger partial charge is 0.508 e. The molecule has 7 nitrogen and oxygen atoms in total. The summed E-state index contributed by atoms with van der Waals surface area (Å²) in [5.41, 5.74) is 0.599. The van der Waals surface area contributed by atoms with Crippen molar-refractivity contribution in [3.05, 3.63) is 64.3 Å². The first kappa shape index (κ1) is 23.3. The number of phenols is 1. The number of benzene rings is 2. The Balaban J connectivity index is 2.13. The molecular formula is C24H25ClN2O5. The molecule has 0 saturated heterocycles. The van der Waals surface area contributed by atoms with Gasteiger partial charge in [0.25, 0.3) is 5.91 Å². The van der Waals surface area contributed by atoms with Crippen LogP contribution in [0.15, 0.2) is 42.5 Å². The van der Waals surface area contributed by atoms with Gasteiger partial charge in [-0.1, -0.05) is 18.5 Å². The van der Waals surface area contributed by atoms with Crippen LogP contribution in [0.5, 0.6) is 5.75 Å². The van der Waals surface area contributed by atoms with E-state index in [0.29, 0.717) is 32.7 Å². The van der Waals surface area contributed by atoms with Crippen LogP contribution in [0.3, 0.4) is 0 Å². The van der Waals surface area contributed by atoms with Gasteiger partial charge in [0.15, 0.2) is 0 Å². The molecule has 1 amide bonds. The van der Waals surface area contributed by atoms with E-state index < -0.39 is 23.3 Å². The molecule has 1 aromatic heterocycles. The molecule has 0 saturated carbocycles. The van der Waals surface area contributed by atoms with Crippen LogP contribution in [0.1, 0.15) is 54.7 Å². The van der Waals surface area contributed by atoms with E-state index in [1.54, 1.807) is 51.1 Å². The summed E-state index contributed by atoms with van der Waals surface area (Å²) in [6.07, 6.45) is 0.206. The molecule has 3 rings (SSSR count). The second-order valence-corrected chi connectivity index (χ2v) is 8.49. The van der Waals surface area contributed by atoms with Crippen molar-refractivity contribution in [3.8, 4) is 5.75 Å². The summed E-state index contributed by atoms with van der Waals surface area (Å²) in [4.78, 5) is 38.0. The van der Waals surface area contributed by atoms with Crippen LogP contribution in [0.2, 0.25) is 5.02 Å². The van der Waals surface area contributed by atoms with Gasteiger partial charge in [0, 0.05) is 21.7 Å². The fraction of sp³-hybridized carbons (Fsp3) is 0.292. The van der Waals surface area contributed by atoms with Crippen LogP contribution >= 0.6 is 11.6 Å². The molecule has 32 heavy (non-hydrogen) atoms. The monoisotopic (exact) mass is 456 g/mol. The number of rotatable bonds is 6. The molecule has 2 aromatic carbocycles. The van der Waals surface area contributed by atoms with Gasteiger partial charge in [-0.25, -0.2) is 4.79 Å². The maximum atomic E-state index is 13.3. The third kappa shape index (κ3) is 4.08. The summed E-state index contributed by atoms with van der Waals surface area (Å²) in [6, 6.07) is 11.1. The molecule has 0 bridgehead atoms. The lowest BCUT2D eigenvalue weighted by Gasteiger charge is -2.26. The minimum atomic E-state index is -1.42. The number of aromatic hydroxyl groups is 1. The van der Waals surface area contributed by atoms with Gasteiger partial charge in [-0.15, -0.1) is 0 Å². The van der Waals surface area contributed by atoms with Crippen molar-refractivity contribution >= 4 is 40.3 Å². The van der Waals surface area contributed by atoms with Crippen LogP contribution in [-0.4, -0.2) is 38.1 Å². The Bertz CT molecular complexity index is 1220. The lowest BCUT2D eigenvalue weighted by Crippen LogP contribution is -2.52. The summed E-state index contributed by atoms with van der Waals surface area (Å²) in [7, 11) is 0. The highest BCUT2D eigenvalue weighted by molar-refractivity contribution is 6.30. The van der Waals surface area contributed by atoms with Crippen molar-refractivity contribution in [3.63, 3.8) is 0 Å². The molecule has 168 valence electrons. The zero-order valence-electron chi connectivity index (χ0n) is 18.3. The number of nitrogens with one attached hydrogen (secondary N) is 1. The van der Waals surface area contributed by atoms with Gasteiger partial charge < -0.3 is 15.5 Å². The van der Waals surface area contributed by atoms with Crippen molar-refractivity contribution in [1.82, 2.24) is 9.88 Å². The van der Waals surface area contributed by atoms with Crippen LogP contribution in [0.25, 0.3) is 10.9 Å². The molecule has 3 N–H and O–H groups in total. The first-order valence-corrected chi connectivity index (χ1v) is 10.6.